The van der Waals surface area contributed by atoms with Crippen molar-refractivity contribution in [3.05, 3.63) is 106 Å². The lowest BCUT2D eigenvalue weighted by Gasteiger charge is -2.15. The molecule has 1 atom stereocenters. The van der Waals surface area contributed by atoms with E-state index < -0.39 is 29.2 Å². The summed E-state index contributed by atoms with van der Waals surface area (Å²) in [7, 11) is 1.55. The molecule has 0 aliphatic rings. The molecule has 0 aliphatic carbocycles. The molecule has 0 saturated heterocycles. The lowest BCUT2D eigenvalue weighted by molar-refractivity contribution is 0.102. The molecule has 11 heteroatoms. The van der Waals surface area contributed by atoms with E-state index in [0.717, 1.165) is 6.07 Å². The Balaban J connectivity index is 1.42. The average Bonchev–Trinajstić information content (AvgIpc) is 3.18. The average molecular weight is 561 g/mol. The third-order valence-corrected chi connectivity index (χ3v) is 6.45. The summed E-state index contributed by atoms with van der Waals surface area (Å²) in [4.78, 5) is 30.9. The Bertz CT molecular complexity index is 1810. The quantitative estimate of drug-likeness (QED) is 0.270. The number of hydrogen-bond acceptors (Lipinski definition) is 6. The second-order valence-electron chi connectivity index (χ2n) is 9.38. The number of aliphatic hydroxyl groups excluding tert-OH is 1. The van der Waals surface area contributed by atoms with E-state index in [4.69, 9.17) is 9.47 Å². The zero-order chi connectivity index (χ0) is 29.3. The number of aliphatic hydroxyl groups is 1. The SMILES string of the molecule is COc1ccc2c(Oc3ccc(NC(=O)c4c(C)n(C[C@@H](C)O)n(-c5ccc(F)cc5)c4=O)cc3F)ccnc2c1. The highest BCUT2D eigenvalue weighted by Crippen LogP contribution is 2.33. The molecule has 9 nitrogen and oxygen atoms in total. The molecule has 1 amide bonds. The fourth-order valence-corrected chi connectivity index (χ4v) is 4.51. The van der Waals surface area contributed by atoms with Gasteiger partial charge in [0.2, 0.25) is 0 Å². The first kappa shape index (κ1) is 27.5. The minimum atomic E-state index is -0.843. The van der Waals surface area contributed by atoms with Crippen LogP contribution in [0.15, 0.2) is 77.7 Å². The number of nitrogens with one attached hydrogen (secondary N) is 1. The van der Waals surface area contributed by atoms with Crippen LogP contribution < -0.4 is 20.3 Å². The molecule has 0 radical (unpaired) electrons. The van der Waals surface area contributed by atoms with Gasteiger partial charge in [0, 0.05) is 29.4 Å². The number of carbonyl (C=O) groups excluding carboxylic acids is 1. The van der Waals surface area contributed by atoms with E-state index >= 15 is 4.39 Å². The topological polar surface area (TPSA) is 108 Å². The molecule has 2 aromatic heterocycles. The van der Waals surface area contributed by atoms with E-state index in [2.05, 4.69) is 10.3 Å². The van der Waals surface area contributed by atoms with Crippen LogP contribution in [0, 0.1) is 18.6 Å². The van der Waals surface area contributed by atoms with E-state index in [-0.39, 0.29) is 29.2 Å². The summed E-state index contributed by atoms with van der Waals surface area (Å²) in [6.07, 6.45) is 0.693. The largest absolute Gasteiger partial charge is 0.497 e. The maximum atomic E-state index is 15.1. The first-order valence-electron chi connectivity index (χ1n) is 12.6. The van der Waals surface area contributed by atoms with Crippen molar-refractivity contribution < 1.29 is 28.2 Å². The van der Waals surface area contributed by atoms with Gasteiger partial charge in [0.05, 0.1) is 36.7 Å². The number of amides is 1. The number of hydrogen-bond donors (Lipinski definition) is 2. The molecule has 2 N–H and O–H groups in total. The van der Waals surface area contributed by atoms with Gasteiger partial charge in [0.15, 0.2) is 11.6 Å². The Hall–Kier alpha value is -5.03. The highest BCUT2D eigenvalue weighted by molar-refractivity contribution is 6.05. The fourth-order valence-electron chi connectivity index (χ4n) is 4.51. The van der Waals surface area contributed by atoms with Crippen LogP contribution in [0.2, 0.25) is 0 Å². The predicted octanol–water partition coefficient (Wildman–Crippen LogP) is 5.21. The number of halogens is 2. The zero-order valence-electron chi connectivity index (χ0n) is 22.4. The molecular weight excluding hydrogens is 534 g/mol. The zero-order valence-corrected chi connectivity index (χ0v) is 22.4. The van der Waals surface area contributed by atoms with E-state index in [0.29, 0.717) is 28.1 Å². The maximum Gasteiger partial charge on any atom is 0.284 e. The Morgan fingerprint density at radius 2 is 1.80 bits per heavy atom. The van der Waals surface area contributed by atoms with E-state index in [1.807, 2.05) is 0 Å². The number of aromatic nitrogens is 3. The van der Waals surface area contributed by atoms with Crippen LogP contribution >= 0.6 is 0 Å². The number of methoxy groups -OCH3 is 1. The molecule has 210 valence electrons. The van der Waals surface area contributed by atoms with Crippen LogP contribution in [0.25, 0.3) is 16.6 Å². The Morgan fingerprint density at radius 3 is 2.49 bits per heavy atom. The summed E-state index contributed by atoms with van der Waals surface area (Å²) in [5.41, 5.74) is 0.423. The maximum absolute atomic E-state index is 15.1. The molecule has 5 rings (SSSR count). The number of anilines is 1. The van der Waals surface area contributed by atoms with Gasteiger partial charge in [-0.2, -0.15) is 0 Å². The molecule has 0 unspecified atom stereocenters. The minimum absolute atomic E-state index is 0.00284. The van der Waals surface area contributed by atoms with Crippen molar-refractivity contribution in [1.29, 1.82) is 0 Å². The fraction of sp³-hybridized carbons (Fsp3) is 0.167. The standard InChI is InChI=1S/C30H26F2N4O5/c1-17(37)16-35-18(2)28(30(39)36(35)21-7-4-19(31)5-8-21)29(38)34-20-6-11-27(24(32)14-20)41-26-12-13-33-25-15-22(40-3)9-10-23(25)26/h4-15,17,37H,16H2,1-3H3,(H,34,38)/t17-/m1/s1. The second kappa shape index (κ2) is 11.2. The van der Waals surface area contributed by atoms with Crippen LogP contribution in [-0.4, -0.2) is 38.6 Å². The predicted molar refractivity (Wildman–Crippen MR) is 149 cm³/mol. The van der Waals surface area contributed by atoms with Crippen molar-refractivity contribution in [1.82, 2.24) is 14.3 Å². The van der Waals surface area contributed by atoms with Crippen molar-refractivity contribution in [2.24, 2.45) is 0 Å². The van der Waals surface area contributed by atoms with Gasteiger partial charge < -0.3 is 19.9 Å². The molecule has 0 bridgehead atoms. The summed E-state index contributed by atoms with van der Waals surface area (Å²) in [6.45, 7) is 3.10. The van der Waals surface area contributed by atoms with Gasteiger partial charge in [0.1, 0.15) is 22.9 Å². The van der Waals surface area contributed by atoms with Crippen molar-refractivity contribution in [3.8, 4) is 22.9 Å². The summed E-state index contributed by atoms with van der Waals surface area (Å²) in [5, 5.41) is 13.2. The van der Waals surface area contributed by atoms with Crippen LogP contribution in [0.4, 0.5) is 14.5 Å². The van der Waals surface area contributed by atoms with Gasteiger partial charge in [-0.25, -0.2) is 13.5 Å². The Labute approximate surface area is 233 Å². The van der Waals surface area contributed by atoms with Gasteiger partial charge >= 0.3 is 0 Å². The van der Waals surface area contributed by atoms with Gasteiger partial charge in [-0.15, -0.1) is 0 Å². The number of ether oxygens (including phenoxy) is 2. The molecule has 0 aliphatic heterocycles. The van der Waals surface area contributed by atoms with Crippen LogP contribution in [-0.2, 0) is 6.54 Å². The second-order valence-corrected chi connectivity index (χ2v) is 9.38. The number of pyridine rings is 1. The van der Waals surface area contributed by atoms with Crippen molar-refractivity contribution in [2.75, 3.05) is 12.4 Å². The normalized spacial score (nSPS) is 11.9. The molecule has 0 saturated carbocycles. The minimum Gasteiger partial charge on any atom is -0.497 e. The molecule has 41 heavy (non-hydrogen) atoms. The van der Waals surface area contributed by atoms with Gasteiger partial charge in [0.25, 0.3) is 11.5 Å². The molecular formula is C30H26F2N4O5. The summed E-state index contributed by atoms with van der Waals surface area (Å²) in [5.74, 6) is -1.08. The third kappa shape index (κ3) is 5.52. The smallest absolute Gasteiger partial charge is 0.284 e. The number of rotatable bonds is 8. The number of fused-ring (bicyclic) bond motifs is 1. The van der Waals surface area contributed by atoms with Crippen molar-refractivity contribution in [3.63, 3.8) is 0 Å². The van der Waals surface area contributed by atoms with Crippen molar-refractivity contribution >= 4 is 22.5 Å². The lowest BCUT2D eigenvalue weighted by atomic mass is 10.2. The van der Waals surface area contributed by atoms with Crippen LogP contribution in [0.3, 0.4) is 0 Å². The van der Waals surface area contributed by atoms with Gasteiger partial charge in [-0.05, 0) is 68.4 Å². The molecule has 0 spiro atoms. The first-order chi connectivity index (χ1) is 19.7. The van der Waals surface area contributed by atoms with Crippen LogP contribution in [0.5, 0.6) is 17.2 Å². The van der Waals surface area contributed by atoms with Gasteiger partial charge in [-0.1, -0.05) is 0 Å². The number of nitrogens with zero attached hydrogens (tertiary/aromatic N) is 3. The summed E-state index contributed by atoms with van der Waals surface area (Å²) >= 11 is 0. The van der Waals surface area contributed by atoms with Crippen LogP contribution in [0.1, 0.15) is 23.0 Å². The Morgan fingerprint density at radius 1 is 1.05 bits per heavy atom. The molecule has 0 fully saturated rings. The number of carbonyl (C=O) groups is 1. The molecule has 5 aromatic rings. The van der Waals surface area contributed by atoms with Crippen molar-refractivity contribution in [2.45, 2.75) is 26.5 Å². The molecule has 2 heterocycles. The molecule has 3 aromatic carbocycles. The summed E-state index contributed by atoms with van der Waals surface area (Å²) in [6, 6.07) is 15.9. The van der Waals surface area contributed by atoms with E-state index in [1.54, 1.807) is 38.3 Å². The Kier molecular flexibility index (Phi) is 7.54. The summed E-state index contributed by atoms with van der Waals surface area (Å²) < 4.78 is 42.3. The highest BCUT2D eigenvalue weighted by atomic mass is 19.1. The number of benzene rings is 3. The third-order valence-electron chi connectivity index (χ3n) is 6.45. The highest BCUT2D eigenvalue weighted by Gasteiger charge is 2.25. The van der Waals surface area contributed by atoms with E-state index in [1.165, 1.54) is 58.9 Å². The lowest BCUT2D eigenvalue weighted by Crippen LogP contribution is -2.27. The monoisotopic (exact) mass is 560 g/mol. The van der Waals surface area contributed by atoms with Gasteiger partial charge in [-0.3, -0.25) is 19.3 Å². The first-order valence-corrected chi connectivity index (χ1v) is 12.6. The van der Waals surface area contributed by atoms with E-state index in [9.17, 15) is 19.1 Å².